The van der Waals surface area contributed by atoms with Crippen molar-refractivity contribution >= 4 is 11.5 Å². The molecule has 0 aliphatic carbocycles. The predicted molar refractivity (Wildman–Crippen MR) is 39.0 cm³/mol. The van der Waals surface area contributed by atoms with Crippen LogP contribution in [0, 0.1) is 0 Å². The Kier molecular flexibility index (Phi) is 1.76. The fourth-order valence-corrected chi connectivity index (χ4v) is 1.33. The SMILES string of the molecule is [O-][S+](n1cncn1)n1cncn1. The Hall–Kier alpha value is -1.41. The molecule has 0 fully saturated rings. The summed E-state index contributed by atoms with van der Waals surface area (Å²) in [6.07, 6.45) is 5.29. The highest BCUT2D eigenvalue weighted by atomic mass is 32.2. The van der Waals surface area contributed by atoms with E-state index in [1.807, 2.05) is 0 Å². The van der Waals surface area contributed by atoms with Crippen LogP contribution < -0.4 is 0 Å². The lowest BCUT2D eigenvalue weighted by Crippen LogP contribution is -2.22. The molecule has 0 aromatic carbocycles. The van der Waals surface area contributed by atoms with Gasteiger partial charge in [0.1, 0.15) is 12.7 Å². The summed E-state index contributed by atoms with van der Waals surface area (Å²) in [6, 6.07) is 0. The van der Waals surface area contributed by atoms with Crippen LogP contribution in [0.2, 0.25) is 0 Å². The van der Waals surface area contributed by atoms with E-state index in [9.17, 15) is 4.55 Å². The van der Waals surface area contributed by atoms with Crippen molar-refractivity contribution in [1.82, 2.24) is 28.3 Å². The molecule has 0 aliphatic heterocycles. The molecule has 2 rings (SSSR count). The van der Waals surface area contributed by atoms with Crippen LogP contribution in [0.15, 0.2) is 25.3 Å². The molecule has 0 radical (unpaired) electrons. The van der Waals surface area contributed by atoms with Gasteiger partial charge in [-0.05, 0) is 8.17 Å². The number of hydrogen-bond acceptors (Lipinski definition) is 5. The third-order valence-corrected chi connectivity index (χ3v) is 2.13. The maximum Gasteiger partial charge on any atom is 0.245 e. The van der Waals surface area contributed by atoms with Crippen molar-refractivity contribution in [2.45, 2.75) is 0 Å². The van der Waals surface area contributed by atoms with Crippen molar-refractivity contribution in [2.75, 3.05) is 0 Å². The van der Waals surface area contributed by atoms with E-state index in [0.29, 0.717) is 0 Å². The Balaban J connectivity index is 2.27. The lowest BCUT2D eigenvalue weighted by molar-refractivity contribution is 0.562. The molecule has 0 unspecified atom stereocenters. The monoisotopic (exact) mass is 184 g/mol. The highest BCUT2D eigenvalue weighted by Gasteiger charge is 2.13. The number of nitrogens with zero attached hydrogens (tertiary/aromatic N) is 6. The van der Waals surface area contributed by atoms with Gasteiger partial charge in [-0.15, -0.1) is 10.2 Å². The molecular weight excluding hydrogens is 180 g/mol. The molecular formula is C4H4N6OS. The molecule has 12 heavy (non-hydrogen) atoms. The fourth-order valence-electron chi connectivity index (χ4n) is 0.642. The Morgan fingerprint density at radius 3 is 1.83 bits per heavy atom. The molecule has 2 aromatic rings. The standard InChI is InChI=1S/C4H4N6OS/c11-12(9-3-5-1-7-9)10-4-6-2-8-10/h1-4H. The summed E-state index contributed by atoms with van der Waals surface area (Å²) in [5.74, 6) is 0. The minimum absolute atomic E-state index is 1.18. The van der Waals surface area contributed by atoms with Gasteiger partial charge in [0.15, 0.2) is 12.7 Å². The number of rotatable bonds is 2. The zero-order chi connectivity index (χ0) is 8.39. The van der Waals surface area contributed by atoms with Gasteiger partial charge in [-0.1, -0.05) is 0 Å². The van der Waals surface area contributed by atoms with E-state index in [1.165, 1.54) is 33.5 Å². The summed E-state index contributed by atoms with van der Waals surface area (Å²) in [5.41, 5.74) is 0. The minimum atomic E-state index is -1.50. The molecule has 0 spiro atoms. The quantitative estimate of drug-likeness (QED) is 0.550. The van der Waals surface area contributed by atoms with E-state index < -0.39 is 11.5 Å². The zero-order valence-corrected chi connectivity index (χ0v) is 6.63. The third-order valence-electron chi connectivity index (χ3n) is 1.12. The highest BCUT2D eigenvalue weighted by Crippen LogP contribution is 1.94. The maximum absolute atomic E-state index is 11.4. The predicted octanol–water partition coefficient (Wildman–Crippen LogP) is -1.16. The number of hydrogen-bond donors (Lipinski definition) is 0. The summed E-state index contributed by atoms with van der Waals surface area (Å²) in [4.78, 5) is 7.30. The van der Waals surface area contributed by atoms with Crippen LogP contribution in [0.4, 0.5) is 0 Å². The van der Waals surface area contributed by atoms with Crippen molar-refractivity contribution in [3.05, 3.63) is 25.3 Å². The summed E-state index contributed by atoms with van der Waals surface area (Å²) >= 11 is -1.50. The van der Waals surface area contributed by atoms with Crippen molar-refractivity contribution in [1.29, 1.82) is 0 Å². The van der Waals surface area contributed by atoms with Crippen molar-refractivity contribution in [3.63, 3.8) is 0 Å². The van der Waals surface area contributed by atoms with E-state index in [1.54, 1.807) is 0 Å². The van der Waals surface area contributed by atoms with E-state index in [0.717, 1.165) is 0 Å². The van der Waals surface area contributed by atoms with E-state index in [-0.39, 0.29) is 0 Å². The van der Waals surface area contributed by atoms with Gasteiger partial charge in [-0.2, -0.15) is 0 Å². The summed E-state index contributed by atoms with van der Waals surface area (Å²) in [6.45, 7) is 0. The average Bonchev–Trinajstić information content (AvgIpc) is 2.77. The zero-order valence-electron chi connectivity index (χ0n) is 5.81. The molecule has 62 valence electrons. The van der Waals surface area contributed by atoms with Crippen molar-refractivity contribution in [2.24, 2.45) is 0 Å². The topological polar surface area (TPSA) is 84.5 Å². The Morgan fingerprint density at radius 2 is 1.50 bits per heavy atom. The van der Waals surface area contributed by atoms with E-state index in [4.69, 9.17) is 0 Å². The molecule has 0 saturated carbocycles. The number of aromatic nitrogens is 6. The summed E-state index contributed by atoms with van der Waals surface area (Å²) in [5, 5.41) is 7.38. The van der Waals surface area contributed by atoms with Gasteiger partial charge in [0.25, 0.3) is 0 Å². The smallest absolute Gasteiger partial charge is 0.245 e. The fraction of sp³-hybridized carbons (Fsp3) is 0. The van der Waals surface area contributed by atoms with Crippen LogP contribution in [-0.2, 0) is 11.5 Å². The van der Waals surface area contributed by atoms with Gasteiger partial charge in [-0.25, -0.2) is 9.97 Å². The molecule has 7 nitrogen and oxygen atoms in total. The molecule has 0 amide bonds. The van der Waals surface area contributed by atoms with E-state index >= 15 is 0 Å². The second kappa shape index (κ2) is 2.91. The first kappa shape index (κ1) is 7.25. The van der Waals surface area contributed by atoms with Crippen LogP contribution in [-0.4, -0.2) is 32.9 Å². The van der Waals surface area contributed by atoms with Gasteiger partial charge >= 0.3 is 0 Å². The third kappa shape index (κ3) is 1.17. The molecule has 0 atom stereocenters. The lowest BCUT2D eigenvalue weighted by Gasteiger charge is -2.03. The van der Waals surface area contributed by atoms with Crippen LogP contribution in [0.25, 0.3) is 0 Å². The van der Waals surface area contributed by atoms with E-state index in [2.05, 4.69) is 20.2 Å². The maximum atomic E-state index is 11.4. The Labute approximate surface area is 70.5 Å². The molecule has 2 heterocycles. The first-order chi connectivity index (χ1) is 5.88. The Bertz CT molecular complexity index is 296. The Morgan fingerprint density at radius 1 is 1.00 bits per heavy atom. The average molecular weight is 184 g/mol. The van der Waals surface area contributed by atoms with Gasteiger partial charge in [0.05, 0.1) is 0 Å². The van der Waals surface area contributed by atoms with Crippen LogP contribution in [0.3, 0.4) is 0 Å². The minimum Gasteiger partial charge on any atom is -0.565 e. The normalized spacial score (nSPS) is 10.8. The molecule has 2 aromatic heterocycles. The molecule has 8 heteroatoms. The summed E-state index contributed by atoms with van der Waals surface area (Å²) < 4.78 is 13.8. The van der Waals surface area contributed by atoms with Gasteiger partial charge in [0, 0.05) is 0 Å². The second-order valence-electron chi connectivity index (χ2n) is 1.83. The van der Waals surface area contributed by atoms with Gasteiger partial charge in [0.2, 0.25) is 11.5 Å². The lowest BCUT2D eigenvalue weighted by atomic mass is 11.3. The van der Waals surface area contributed by atoms with Crippen LogP contribution >= 0.6 is 0 Å². The van der Waals surface area contributed by atoms with Crippen molar-refractivity contribution < 1.29 is 4.55 Å². The second-order valence-corrected chi connectivity index (χ2v) is 3.04. The first-order valence-electron chi connectivity index (χ1n) is 3.00. The van der Waals surface area contributed by atoms with Gasteiger partial charge in [-0.3, -0.25) is 0 Å². The molecule has 0 bridgehead atoms. The molecule has 0 aliphatic rings. The summed E-state index contributed by atoms with van der Waals surface area (Å²) in [7, 11) is 0. The van der Waals surface area contributed by atoms with Gasteiger partial charge < -0.3 is 4.55 Å². The van der Waals surface area contributed by atoms with Crippen LogP contribution in [0.1, 0.15) is 0 Å². The van der Waals surface area contributed by atoms with Crippen LogP contribution in [0.5, 0.6) is 0 Å². The molecule has 0 N–H and O–H groups in total. The molecule has 0 saturated heterocycles. The largest absolute Gasteiger partial charge is 0.565 e. The first-order valence-corrected chi connectivity index (χ1v) is 4.06. The van der Waals surface area contributed by atoms with Crippen molar-refractivity contribution in [3.8, 4) is 0 Å². The highest BCUT2D eigenvalue weighted by molar-refractivity contribution is 7.88.